The van der Waals surface area contributed by atoms with Gasteiger partial charge in [0, 0.05) is 19.4 Å². The largest absolute Gasteiger partial charge is 0.519 e. The highest BCUT2D eigenvalue weighted by Gasteiger charge is 2.29. The predicted octanol–water partition coefficient (Wildman–Crippen LogP) is 3.39. The summed E-state index contributed by atoms with van der Waals surface area (Å²) in [5.41, 5.74) is 0.801. The van der Waals surface area contributed by atoms with Crippen molar-refractivity contribution in [1.29, 1.82) is 0 Å². The molecule has 10 nitrogen and oxygen atoms in total. The summed E-state index contributed by atoms with van der Waals surface area (Å²) in [5.74, 6) is -0.498. The van der Waals surface area contributed by atoms with Crippen molar-refractivity contribution in [1.82, 2.24) is 16.0 Å². The Morgan fingerprint density at radius 1 is 0.974 bits per heavy atom. The summed E-state index contributed by atoms with van der Waals surface area (Å²) in [6, 6.07) is 5.52. The third-order valence-corrected chi connectivity index (χ3v) is 6.37. The molecule has 1 aromatic heterocycles. The zero-order chi connectivity index (χ0) is 28.1. The van der Waals surface area contributed by atoms with E-state index in [-0.39, 0.29) is 30.8 Å². The van der Waals surface area contributed by atoms with Crippen molar-refractivity contribution in [3.63, 3.8) is 0 Å². The Balaban J connectivity index is 2.13. The lowest BCUT2D eigenvalue weighted by atomic mass is 9.97. The Bertz CT molecular complexity index is 1090. The molecule has 2 aromatic rings. The van der Waals surface area contributed by atoms with Crippen molar-refractivity contribution in [3.05, 3.63) is 52.0 Å². The minimum Gasteiger partial charge on any atom is -0.486 e. The fraction of sp³-hybridized carbons (Fsp3) is 0.571. The van der Waals surface area contributed by atoms with E-state index in [1.165, 1.54) is 0 Å². The Kier molecular flexibility index (Phi) is 12.6. The Morgan fingerprint density at radius 2 is 1.68 bits per heavy atom. The van der Waals surface area contributed by atoms with Crippen LogP contribution in [0.1, 0.15) is 76.9 Å². The van der Waals surface area contributed by atoms with Gasteiger partial charge in [-0.1, -0.05) is 52.2 Å². The molecule has 0 saturated carbocycles. The van der Waals surface area contributed by atoms with E-state index in [1.807, 2.05) is 20.8 Å². The molecule has 0 spiro atoms. The minimum absolute atomic E-state index is 0.0343. The maximum absolute atomic E-state index is 13.3. The summed E-state index contributed by atoms with van der Waals surface area (Å²) in [6.07, 6.45) is 3.94. The van der Waals surface area contributed by atoms with Crippen LogP contribution in [0.2, 0.25) is 0 Å². The molecule has 0 saturated heterocycles. The van der Waals surface area contributed by atoms with Crippen LogP contribution in [0.25, 0.3) is 0 Å². The minimum atomic E-state index is -0.847. The molecule has 2 rings (SSSR count). The average molecular weight is 532 g/mol. The van der Waals surface area contributed by atoms with Gasteiger partial charge in [0.1, 0.15) is 24.4 Å². The first-order valence-electron chi connectivity index (χ1n) is 13.4. The van der Waals surface area contributed by atoms with Crippen LogP contribution in [0.15, 0.2) is 37.9 Å². The van der Waals surface area contributed by atoms with Crippen molar-refractivity contribution >= 4 is 17.7 Å². The maximum Gasteiger partial charge on any atom is 0.519 e. The van der Waals surface area contributed by atoms with Crippen molar-refractivity contribution in [2.75, 3.05) is 6.54 Å². The zero-order valence-corrected chi connectivity index (χ0v) is 23.1. The van der Waals surface area contributed by atoms with Gasteiger partial charge in [0.25, 0.3) is 0 Å². The second kappa shape index (κ2) is 15.6. The number of hydrogen-bond acceptors (Lipinski definition) is 7. The van der Waals surface area contributed by atoms with Crippen LogP contribution in [0, 0.1) is 12.8 Å². The highest BCUT2D eigenvalue weighted by atomic mass is 16.6. The predicted molar refractivity (Wildman–Crippen MR) is 143 cm³/mol. The lowest BCUT2D eigenvalue weighted by Crippen LogP contribution is -2.56. The third kappa shape index (κ3) is 9.72. The Hall–Kier alpha value is -3.56. The summed E-state index contributed by atoms with van der Waals surface area (Å²) in [4.78, 5) is 49.8. The first-order chi connectivity index (χ1) is 18.2. The lowest BCUT2D eigenvalue weighted by molar-refractivity contribution is -0.133. The quantitative estimate of drug-likeness (QED) is 0.282. The number of hydrogen-bond donors (Lipinski definition) is 3. The van der Waals surface area contributed by atoms with Crippen LogP contribution in [0.3, 0.4) is 0 Å². The number of likely N-dealkylation sites (N-methyl/N-ethyl adjacent to an activating group) is 1. The molecule has 0 aliphatic rings. The Labute approximate surface area is 223 Å². The van der Waals surface area contributed by atoms with Gasteiger partial charge in [0.05, 0.1) is 0 Å². The summed E-state index contributed by atoms with van der Waals surface area (Å²) in [7, 11) is 0. The SMILES string of the molecule is CCCCCC(=O)NC(Cc1ccc(OCc2oc(=O)oc2C)cc1)C(=O)NC(C(=O)NCC)C(C)CC. The van der Waals surface area contributed by atoms with Gasteiger partial charge in [-0.2, -0.15) is 0 Å². The first kappa shape index (κ1) is 30.7. The van der Waals surface area contributed by atoms with E-state index in [9.17, 15) is 19.2 Å². The fourth-order valence-electron chi connectivity index (χ4n) is 3.86. The van der Waals surface area contributed by atoms with Crippen molar-refractivity contribution < 1.29 is 28.0 Å². The lowest BCUT2D eigenvalue weighted by Gasteiger charge is -2.26. The van der Waals surface area contributed by atoms with Crippen LogP contribution in [-0.4, -0.2) is 36.3 Å². The molecule has 0 aliphatic heterocycles. The first-order valence-corrected chi connectivity index (χ1v) is 13.4. The molecule has 1 heterocycles. The van der Waals surface area contributed by atoms with Gasteiger partial charge in [-0.15, -0.1) is 0 Å². The second-order valence-electron chi connectivity index (χ2n) is 9.41. The van der Waals surface area contributed by atoms with E-state index in [2.05, 4.69) is 22.9 Å². The van der Waals surface area contributed by atoms with Crippen molar-refractivity contribution in [2.45, 2.75) is 91.8 Å². The zero-order valence-electron chi connectivity index (χ0n) is 23.1. The Morgan fingerprint density at radius 3 is 2.26 bits per heavy atom. The number of rotatable bonds is 16. The molecular formula is C28H41N3O7. The molecule has 1 aromatic carbocycles. The smallest absolute Gasteiger partial charge is 0.486 e. The fourth-order valence-corrected chi connectivity index (χ4v) is 3.86. The molecule has 3 amide bonds. The number of ether oxygens (including phenoxy) is 1. The van der Waals surface area contributed by atoms with E-state index < -0.39 is 23.8 Å². The summed E-state index contributed by atoms with van der Waals surface area (Å²) < 4.78 is 15.4. The second-order valence-corrected chi connectivity index (χ2v) is 9.41. The summed E-state index contributed by atoms with van der Waals surface area (Å²) in [6.45, 7) is 9.86. The van der Waals surface area contributed by atoms with Gasteiger partial charge in [0.2, 0.25) is 17.7 Å². The van der Waals surface area contributed by atoms with E-state index >= 15 is 0 Å². The van der Waals surface area contributed by atoms with Gasteiger partial charge in [-0.3, -0.25) is 14.4 Å². The molecule has 210 valence electrons. The number of unbranched alkanes of at least 4 members (excludes halogenated alkanes) is 2. The van der Waals surface area contributed by atoms with Crippen LogP contribution >= 0.6 is 0 Å². The van der Waals surface area contributed by atoms with Crippen molar-refractivity contribution in [3.8, 4) is 5.75 Å². The van der Waals surface area contributed by atoms with Gasteiger partial charge in [-0.05, 0) is 43.9 Å². The highest BCUT2D eigenvalue weighted by molar-refractivity contribution is 5.92. The molecule has 3 N–H and O–H groups in total. The molecule has 0 bridgehead atoms. The van der Waals surface area contributed by atoms with Gasteiger partial charge < -0.3 is 29.5 Å². The number of benzene rings is 1. The maximum atomic E-state index is 13.3. The van der Waals surface area contributed by atoms with Gasteiger partial charge in [-0.25, -0.2) is 4.79 Å². The van der Waals surface area contributed by atoms with Crippen LogP contribution in [-0.2, 0) is 27.4 Å². The topological polar surface area (TPSA) is 140 Å². The molecule has 3 atom stereocenters. The van der Waals surface area contributed by atoms with Crippen LogP contribution in [0.4, 0.5) is 0 Å². The number of aryl methyl sites for hydroxylation is 1. The number of carbonyl (C=O) groups excluding carboxylic acids is 3. The monoisotopic (exact) mass is 531 g/mol. The van der Waals surface area contributed by atoms with E-state index in [4.69, 9.17) is 13.6 Å². The molecule has 0 aliphatic carbocycles. The van der Waals surface area contributed by atoms with Crippen LogP contribution < -0.4 is 26.5 Å². The van der Waals surface area contributed by atoms with Crippen LogP contribution in [0.5, 0.6) is 5.75 Å². The normalized spacial score (nSPS) is 13.3. The number of nitrogens with one attached hydrogen (secondary N) is 3. The summed E-state index contributed by atoms with van der Waals surface area (Å²) in [5, 5.41) is 8.51. The average Bonchev–Trinajstić information content (AvgIpc) is 3.22. The van der Waals surface area contributed by atoms with Gasteiger partial charge >= 0.3 is 5.82 Å². The van der Waals surface area contributed by atoms with Gasteiger partial charge in [0.15, 0.2) is 11.5 Å². The molecule has 0 radical (unpaired) electrons. The third-order valence-electron chi connectivity index (χ3n) is 6.37. The molecule has 3 unspecified atom stereocenters. The van der Waals surface area contributed by atoms with E-state index in [0.29, 0.717) is 36.7 Å². The van der Waals surface area contributed by atoms with E-state index in [0.717, 1.165) is 24.8 Å². The standard InChI is InChI=1S/C28H41N3O7/c1-6-9-10-11-24(32)30-22(26(33)31-25(18(4)7-2)27(34)29-8-3)16-20-12-14-21(15-13-20)36-17-23-19(5)37-28(35)38-23/h12-15,18,22,25H,6-11,16-17H2,1-5H3,(H,29,34)(H,30,32)(H,31,33). The molecule has 38 heavy (non-hydrogen) atoms. The number of carbonyl (C=O) groups is 3. The molecule has 0 fully saturated rings. The molecular weight excluding hydrogens is 490 g/mol. The molecule has 10 heteroatoms. The summed E-state index contributed by atoms with van der Waals surface area (Å²) >= 11 is 0. The van der Waals surface area contributed by atoms with E-state index in [1.54, 1.807) is 31.2 Å². The highest BCUT2D eigenvalue weighted by Crippen LogP contribution is 2.17. The number of amides is 3. The van der Waals surface area contributed by atoms with Crippen molar-refractivity contribution in [2.24, 2.45) is 5.92 Å².